The molecule has 4 heteroatoms. The van der Waals surface area contributed by atoms with Crippen LogP contribution in [0.15, 0.2) is 18.6 Å². The maximum Gasteiger partial charge on any atom is 0.0631 e. The largest absolute Gasteiger partial charge is 0.261 e. The second-order valence-corrected chi connectivity index (χ2v) is 3.99. The first-order chi connectivity index (χ1) is 5.86. The Balaban J connectivity index is 2.11. The molecule has 0 bridgehead atoms. The van der Waals surface area contributed by atoms with Crippen LogP contribution in [0.3, 0.4) is 0 Å². The molecule has 1 aromatic heterocycles. The van der Waals surface area contributed by atoms with Crippen molar-refractivity contribution in [1.82, 2.24) is 13.9 Å². The van der Waals surface area contributed by atoms with E-state index >= 15 is 0 Å². The average Bonchev–Trinajstić information content (AvgIpc) is 2.54. The van der Waals surface area contributed by atoms with Gasteiger partial charge in [0.05, 0.1) is 5.69 Å². The zero-order chi connectivity index (χ0) is 8.39. The smallest absolute Gasteiger partial charge is 0.0631 e. The molecule has 12 heavy (non-hydrogen) atoms. The van der Waals surface area contributed by atoms with Gasteiger partial charge >= 0.3 is 0 Å². The first kappa shape index (κ1) is 8.13. The topological polar surface area (TPSA) is 29.0 Å². The molecule has 0 amide bonds. The number of aromatic nitrogens is 2. The lowest BCUT2D eigenvalue weighted by atomic mass is 10.1. The molecule has 1 unspecified atom stereocenters. The summed E-state index contributed by atoms with van der Waals surface area (Å²) in [7, 11) is 0. The Kier molecular flexibility index (Phi) is 2.37. The fourth-order valence-electron chi connectivity index (χ4n) is 1.48. The van der Waals surface area contributed by atoms with Crippen LogP contribution in [0.25, 0.3) is 0 Å². The maximum atomic E-state index is 4.29. The minimum absolute atomic E-state index is 0.554. The molecule has 1 atom stereocenters. The molecule has 1 fully saturated rings. The van der Waals surface area contributed by atoms with E-state index in [4.69, 9.17) is 0 Å². The summed E-state index contributed by atoms with van der Waals surface area (Å²) in [6.45, 7) is 2.14. The Morgan fingerprint density at radius 1 is 1.50 bits per heavy atom. The third-order valence-corrected chi connectivity index (χ3v) is 2.78. The van der Waals surface area contributed by atoms with E-state index in [-0.39, 0.29) is 0 Å². The molecule has 0 N–H and O–H groups in total. The number of halogens is 1. The molecule has 0 saturated carbocycles. The van der Waals surface area contributed by atoms with E-state index in [0.717, 1.165) is 18.8 Å². The van der Waals surface area contributed by atoms with Crippen LogP contribution in [-0.2, 0) is 0 Å². The minimum Gasteiger partial charge on any atom is -0.261 e. The second-order valence-electron chi connectivity index (χ2n) is 2.98. The fourth-order valence-corrected chi connectivity index (χ4v) is 2.03. The van der Waals surface area contributed by atoms with Gasteiger partial charge in [0, 0.05) is 53.7 Å². The summed E-state index contributed by atoms with van der Waals surface area (Å²) < 4.78 is 2.15. The van der Waals surface area contributed by atoms with Gasteiger partial charge in [0.15, 0.2) is 0 Å². The molecule has 2 heterocycles. The average molecular weight is 228 g/mol. The summed E-state index contributed by atoms with van der Waals surface area (Å²) in [4.78, 5) is 8.34. The van der Waals surface area contributed by atoms with Gasteiger partial charge in [-0.15, -0.1) is 0 Å². The van der Waals surface area contributed by atoms with Crippen molar-refractivity contribution in [3.8, 4) is 0 Å². The molecule has 1 aliphatic rings. The summed E-state index contributed by atoms with van der Waals surface area (Å²) in [5.74, 6) is 0.554. The van der Waals surface area contributed by atoms with E-state index in [9.17, 15) is 0 Å². The number of rotatable bonds is 1. The molecular formula is C8H10BrN3. The minimum atomic E-state index is 0.554. The van der Waals surface area contributed by atoms with Crippen molar-refractivity contribution in [1.29, 1.82) is 0 Å². The van der Waals surface area contributed by atoms with Gasteiger partial charge in [0.25, 0.3) is 0 Å². The molecular weight excluding hydrogens is 218 g/mol. The number of hydrogen-bond acceptors (Lipinski definition) is 3. The Morgan fingerprint density at radius 3 is 3.00 bits per heavy atom. The SMILES string of the molecule is BrN1CCC(c2cnccn2)C1. The van der Waals surface area contributed by atoms with E-state index in [1.807, 2.05) is 6.20 Å². The lowest BCUT2D eigenvalue weighted by Crippen LogP contribution is -2.07. The Morgan fingerprint density at radius 2 is 2.42 bits per heavy atom. The van der Waals surface area contributed by atoms with Crippen molar-refractivity contribution in [3.05, 3.63) is 24.3 Å². The van der Waals surface area contributed by atoms with Crippen LogP contribution in [0.1, 0.15) is 18.0 Å². The normalized spacial score (nSPS) is 24.6. The van der Waals surface area contributed by atoms with Crippen molar-refractivity contribution in [2.75, 3.05) is 13.1 Å². The van der Waals surface area contributed by atoms with E-state index in [0.29, 0.717) is 5.92 Å². The molecule has 0 aliphatic carbocycles. The van der Waals surface area contributed by atoms with Gasteiger partial charge in [0.2, 0.25) is 0 Å². The maximum absolute atomic E-state index is 4.29. The van der Waals surface area contributed by atoms with Crippen molar-refractivity contribution in [2.24, 2.45) is 0 Å². The molecule has 1 aliphatic heterocycles. The third kappa shape index (κ3) is 1.64. The summed E-state index contributed by atoms with van der Waals surface area (Å²) in [5, 5.41) is 0. The predicted molar refractivity (Wildman–Crippen MR) is 49.9 cm³/mol. The predicted octanol–water partition coefficient (Wildman–Crippen LogP) is 1.58. The molecule has 1 aromatic rings. The molecule has 1 saturated heterocycles. The van der Waals surface area contributed by atoms with Crippen molar-refractivity contribution >= 4 is 16.1 Å². The lowest BCUT2D eigenvalue weighted by Gasteiger charge is -2.06. The Bertz CT molecular complexity index is 252. The molecule has 2 rings (SSSR count). The number of nitrogens with zero attached hydrogens (tertiary/aromatic N) is 3. The van der Waals surface area contributed by atoms with Crippen LogP contribution in [0.2, 0.25) is 0 Å². The zero-order valence-corrected chi connectivity index (χ0v) is 8.24. The lowest BCUT2D eigenvalue weighted by molar-refractivity contribution is 0.591. The van der Waals surface area contributed by atoms with Crippen molar-refractivity contribution in [3.63, 3.8) is 0 Å². The van der Waals surface area contributed by atoms with Crippen LogP contribution in [0, 0.1) is 0 Å². The second kappa shape index (κ2) is 3.49. The van der Waals surface area contributed by atoms with Crippen LogP contribution < -0.4 is 0 Å². The quantitative estimate of drug-likeness (QED) is 0.683. The van der Waals surface area contributed by atoms with Crippen LogP contribution in [0.5, 0.6) is 0 Å². The highest BCUT2D eigenvalue weighted by Crippen LogP contribution is 2.26. The van der Waals surface area contributed by atoms with Crippen LogP contribution >= 0.6 is 16.1 Å². The molecule has 0 aromatic carbocycles. The van der Waals surface area contributed by atoms with Gasteiger partial charge in [-0.25, -0.2) is 3.93 Å². The van der Waals surface area contributed by atoms with Crippen LogP contribution in [-0.4, -0.2) is 27.0 Å². The third-order valence-electron chi connectivity index (χ3n) is 2.14. The van der Waals surface area contributed by atoms with E-state index in [1.165, 1.54) is 6.42 Å². The monoisotopic (exact) mass is 227 g/mol. The molecule has 0 radical (unpaired) electrons. The summed E-state index contributed by atoms with van der Waals surface area (Å²) in [6, 6.07) is 0. The Labute approximate surface area is 80.2 Å². The van der Waals surface area contributed by atoms with E-state index in [1.54, 1.807) is 12.4 Å². The van der Waals surface area contributed by atoms with Gasteiger partial charge in [0.1, 0.15) is 0 Å². The van der Waals surface area contributed by atoms with E-state index in [2.05, 4.69) is 30.0 Å². The summed E-state index contributed by atoms with van der Waals surface area (Å²) in [6.07, 6.45) is 6.50. The van der Waals surface area contributed by atoms with Gasteiger partial charge in [-0.1, -0.05) is 0 Å². The Hall–Kier alpha value is -0.480. The standard InChI is InChI=1S/C8H10BrN3/c9-12-4-1-7(6-12)8-5-10-2-3-11-8/h2-3,5,7H,1,4,6H2. The van der Waals surface area contributed by atoms with Crippen LogP contribution in [0.4, 0.5) is 0 Å². The van der Waals surface area contributed by atoms with Gasteiger partial charge in [-0.3, -0.25) is 9.97 Å². The zero-order valence-electron chi connectivity index (χ0n) is 6.65. The van der Waals surface area contributed by atoms with Crippen molar-refractivity contribution < 1.29 is 0 Å². The van der Waals surface area contributed by atoms with E-state index < -0.39 is 0 Å². The first-order valence-electron chi connectivity index (χ1n) is 4.03. The summed E-state index contributed by atoms with van der Waals surface area (Å²) >= 11 is 3.46. The van der Waals surface area contributed by atoms with Crippen molar-refractivity contribution in [2.45, 2.75) is 12.3 Å². The fraction of sp³-hybridized carbons (Fsp3) is 0.500. The summed E-state index contributed by atoms with van der Waals surface area (Å²) in [5.41, 5.74) is 1.11. The van der Waals surface area contributed by atoms with Gasteiger partial charge in [-0.05, 0) is 6.42 Å². The highest BCUT2D eigenvalue weighted by atomic mass is 79.9. The van der Waals surface area contributed by atoms with Gasteiger partial charge in [-0.2, -0.15) is 0 Å². The highest BCUT2D eigenvalue weighted by Gasteiger charge is 2.22. The highest BCUT2D eigenvalue weighted by molar-refractivity contribution is 9.07. The molecule has 3 nitrogen and oxygen atoms in total. The van der Waals surface area contributed by atoms with Gasteiger partial charge < -0.3 is 0 Å². The molecule has 0 spiro atoms. The molecule has 64 valence electrons. The number of hydrogen-bond donors (Lipinski definition) is 0. The first-order valence-corrected chi connectivity index (χ1v) is 4.74.